The Kier molecular flexibility index (Phi) is 4.78. The summed E-state index contributed by atoms with van der Waals surface area (Å²) < 4.78 is 0. The molecule has 4 aliphatic heterocycles. The lowest BCUT2D eigenvalue weighted by atomic mass is 9.87. The number of rotatable bonds is 4. The van der Waals surface area contributed by atoms with E-state index < -0.39 is 0 Å². The fourth-order valence-electron chi connectivity index (χ4n) is 4.32. The van der Waals surface area contributed by atoms with E-state index in [9.17, 15) is 10.1 Å². The van der Waals surface area contributed by atoms with Crippen molar-refractivity contribution in [1.82, 2.24) is 0 Å². The SMILES string of the molecule is C[NH+]1CCN(c2ccc([N+](=O)[O-])c(N/N=C3\C[NH+]4CCC3CC4)c2)CC1. The number of piperidine rings is 3. The van der Waals surface area contributed by atoms with Gasteiger partial charge in [0.05, 0.1) is 57.0 Å². The van der Waals surface area contributed by atoms with Crippen LogP contribution in [0.2, 0.25) is 0 Å². The topological polar surface area (TPSA) is 79.7 Å². The van der Waals surface area contributed by atoms with Gasteiger partial charge < -0.3 is 14.7 Å². The lowest BCUT2D eigenvalue weighted by molar-refractivity contribution is -0.902. The normalized spacial score (nSPS) is 27.7. The van der Waals surface area contributed by atoms with Crippen molar-refractivity contribution in [3.63, 3.8) is 0 Å². The number of likely N-dealkylation sites (N-methyl/N-ethyl adjacent to an activating group) is 1. The highest BCUT2D eigenvalue weighted by atomic mass is 16.6. The average molecular weight is 360 g/mol. The van der Waals surface area contributed by atoms with Crippen LogP contribution in [-0.2, 0) is 0 Å². The summed E-state index contributed by atoms with van der Waals surface area (Å²) in [4.78, 5) is 16.5. The molecule has 1 aromatic rings. The molecule has 0 unspecified atom stereocenters. The molecule has 1 aromatic carbocycles. The summed E-state index contributed by atoms with van der Waals surface area (Å²) in [7, 11) is 2.20. The Balaban J connectivity index is 1.55. The van der Waals surface area contributed by atoms with Gasteiger partial charge in [0.2, 0.25) is 0 Å². The molecule has 0 aliphatic carbocycles. The van der Waals surface area contributed by atoms with Crippen molar-refractivity contribution in [3.8, 4) is 0 Å². The van der Waals surface area contributed by atoms with Gasteiger partial charge >= 0.3 is 0 Å². The van der Waals surface area contributed by atoms with E-state index in [0.717, 1.165) is 38.4 Å². The minimum Gasteiger partial charge on any atom is -0.360 e. The van der Waals surface area contributed by atoms with Crippen molar-refractivity contribution in [1.29, 1.82) is 0 Å². The Hall–Kier alpha value is -2.19. The van der Waals surface area contributed by atoms with Gasteiger partial charge in [0.15, 0.2) is 0 Å². The Bertz CT molecular complexity index is 706. The number of nitrogens with zero attached hydrogens (tertiary/aromatic N) is 3. The van der Waals surface area contributed by atoms with Gasteiger partial charge in [0, 0.05) is 30.5 Å². The van der Waals surface area contributed by atoms with Gasteiger partial charge in [-0.05, 0) is 12.1 Å². The molecule has 0 aromatic heterocycles. The number of hydrogen-bond donors (Lipinski definition) is 3. The quantitative estimate of drug-likeness (QED) is 0.476. The molecule has 0 spiro atoms. The third-order valence-electron chi connectivity index (χ3n) is 6.07. The van der Waals surface area contributed by atoms with E-state index in [4.69, 9.17) is 0 Å². The molecule has 26 heavy (non-hydrogen) atoms. The van der Waals surface area contributed by atoms with Crippen molar-refractivity contribution >= 4 is 22.8 Å². The van der Waals surface area contributed by atoms with E-state index in [1.807, 2.05) is 12.1 Å². The lowest BCUT2D eigenvalue weighted by Crippen LogP contribution is -3.16. The molecule has 140 valence electrons. The zero-order chi connectivity index (χ0) is 18.1. The molecule has 0 saturated carbocycles. The molecule has 4 heterocycles. The number of hydrogen-bond acceptors (Lipinski definition) is 5. The highest BCUT2D eigenvalue weighted by molar-refractivity contribution is 5.89. The highest BCUT2D eigenvalue weighted by Crippen LogP contribution is 2.30. The van der Waals surface area contributed by atoms with E-state index in [1.54, 1.807) is 11.0 Å². The van der Waals surface area contributed by atoms with Gasteiger partial charge in [-0.2, -0.15) is 5.10 Å². The van der Waals surface area contributed by atoms with Crippen molar-refractivity contribution in [2.24, 2.45) is 11.0 Å². The number of fused-ring (bicyclic) bond motifs is 3. The first kappa shape index (κ1) is 17.2. The number of hydrazone groups is 1. The van der Waals surface area contributed by atoms with Crippen LogP contribution in [0.25, 0.3) is 0 Å². The number of anilines is 2. The van der Waals surface area contributed by atoms with E-state index in [1.165, 1.54) is 36.5 Å². The Morgan fingerprint density at radius 2 is 1.96 bits per heavy atom. The molecule has 4 aliphatic rings. The standard InChI is InChI=1S/C18H26N6O2/c1-21-8-10-23(11-9-21)15-2-3-18(24(25)26)16(12-15)19-20-17-13-22-6-4-14(17)5-7-22/h2-3,12,14,19H,4-11,13H2,1H3/p+2/b20-17+. The molecule has 0 radical (unpaired) electrons. The van der Waals surface area contributed by atoms with E-state index in [2.05, 4.69) is 22.5 Å². The van der Waals surface area contributed by atoms with Crippen LogP contribution in [0.3, 0.4) is 0 Å². The summed E-state index contributed by atoms with van der Waals surface area (Å²) >= 11 is 0. The third kappa shape index (κ3) is 3.52. The van der Waals surface area contributed by atoms with Gasteiger partial charge in [-0.1, -0.05) is 0 Å². The van der Waals surface area contributed by atoms with E-state index in [0.29, 0.717) is 11.6 Å². The maximum atomic E-state index is 11.4. The smallest absolute Gasteiger partial charge is 0.294 e. The van der Waals surface area contributed by atoms with Crippen molar-refractivity contribution in [3.05, 3.63) is 28.3 Å². The highest BCUT2D eigenvalue weighted by Gasteiger charge is 2.34. The van der Waals surface area contributed by atoms with Gasteiger partial charge in [0.1, 0.15) is 12.2 Å². The molecule has 4 fully saturated rings. The van der Waals surface area contributed by atoms with Crippen molar-refractivity contribution < 1.29 is 14.7 Å². The van der Waals surface area contributed by atoms with Gasteiger partial charge in [0.25, 0.3) is 5.69 Å². The van der Waals surface area contributed by atoms with Gasteiger partial charge in [-0.3, -0.25) is 15.5 Å². The fraction of sp³-hybridized carbons (Fsp3) is 0.611. The second-order valence-electron chi connectivity index (χ2n) is 7.82. The molecule has 8 nitrogen and oxygen atoms in total. The zero-order valence-electron chi connectivity index (χ0n) is 15.3. The summed E-state index contributed by atoms with van der Waals surface area (Å²) in [5.41, 5.74) is 5.83. The number of nitro groups is 1. The number of benzene rings is 1. The Morgan fingerprint density at radius 1 is 1.23 bits per heavy atom. The maximum absolute atomic E-state index is 11.4. The van der Waals surface area contributed by atoms with Crippen molar-refractivity contribution in [2.75, 3.05) is 63.2 Å². The van der Waals surface area contributed by atoms with Crippen LogP contribution in [0.5, 0.6) is 0 Å². The van der Waals surface area contributed by atoms with E-state index in [-0.39, 0.29) is 10.6 Å². The van der Waals surface area contributed by atoms with Crippen molar-refractivity contribution in [2.45, 2.75) is 12.8 Å². The summed E-state index contributed by atoms with van der Waals surface area (Å²) in [6.07, 6.45) is 2.36. The van der Waals surface area contributed by atoms with Crippen LogP contribution in [0.1, 0.15) is 12.8 Å². The molecular formula is C18H28N6O2+2. The summed E-state index contributed by atoms with van der Waals surface area (Å²) in [6.45, 7) is 7.53. The number of nitrogens with one attached hydrogen (secondary N) is 3. The second kappa shape index (κ2) is 7.20. The zero-order valence-corrected chi connectivity index (χ0v) is 15.3. The first-order valence-electron chi connectivity index (χ1n) is 9.61. The number of nitro benzene ring substituents is 1. The minimum absolute atomic E-state index is 0.0893. The molecule has 2 bridgehead atoms. The lowest BCUT2D eigenvalue weighted by Gasteiger charge is -2.36. The van der Waals surface area contributed by atoms with Crippen LogP contribution in [0.15, 0.2) is 23.3 Å². The predicted molar refractivity (Wildman–Crippen MR) is 101 cm³/mol. The Labute approximate surface area is 153 Å². The largest absolute Gasteiger partial charge is 0.360 e. The molecular weight excluding hydrogens is 332 g/mol. The first-order chi connectivity index (χ1) is 12.6. The summed E-state index contributed by atoms with van der Waals surface area (Å²) in [5, 5.41) is 16.0. The van der Waals surface area contributed by atoms with Gasteiger partial charge in [-0.15, -0.1) is 0 Å². The molecule has 4 saturated heterocycles. The molecule has 0 amide bonds. The predicted octanol–water partition coefficient (Wildman–Crippen LogP) is -0.994. The minimum atomic E-state index is -0.331. The van der Waals surface area contributed by atoms with E-state index >= 15 is 0 Å². The van der Waals surface area contributed by atoms with Crippen LogP contribution in [-0.4, -0.2) is 63.5 Å². The summed E-state index contributed by atoms with van der Waals surface area (Å²) in [5.74, 6) is 0.544. The van der Waals surface area contributed by atoms with Gasteiger partial charge in [-0.25, -0.2) is 0 Å². The maximum Gasteiger partial charge on any atom is 0.294 e. The third-order valence-corrected chi connectivity index (χ3v) is 6.07. The molecule has 8 heteroatoms. The van der Waals surface area contributed by atoms with Crippen LogP contribution < -0.4 is 20.1 Å². The molecule has 0 atom stereocenters. The number of quaternary nitrogens is 2. The molecule has 3 N–H and O–H groups in total. The second-order valence-corrected chi connectivity index (χ2v) is 7.82. The average Bonchev–Trinajstić information content (AvgIpc) is 2.67. The number of piperazine rings is 1. The molecule has 5 rings (SSSR count). The first-order valence-corrected chi connectivity index (χ1v) is 9.61. The van der Waals surface area contributed by atoms with Crippen LogP contribution >= 0.6 is 0 Å². The monoisotopic (exact) mass is 360 g/mol. The van der Waals surface area contributed by atoms with Crippen LogP contribution in [0.4, 0.5) is 17.1 Å². The fourth-order valence-corrected chi connectivity index (χ4v) is 4.32. The Morgan fingerprint density at radius 3 is 2.58 bits per heavy atom. The summed E-state index contributed by atoms with van der Waals surface area (Å²) in [6, 6.07) is 5.34. The van der Waals surface area contributed by atoms with Crippen LogP contribution in [0, 0.1) is 16.0 Å².